The zero-order chi connectivity index (χ0) is 44.2. The van der Waals surface area contributed by atoms with Gasteiger partial charge in [-0.1, -0.05) is 78.9 Å². The first kappa shape index (κ1) is 45.1. The Labute approximate surface area is 395 Å². The van der Waals surface area contributed by atoms with Gasteiger partial charge in [-0.05, 0) is 105 Å². The first-order chi connectivity index (χ1) is 32.0. The lowest BCUT2D eigenvalue weighted by Gasteiger charge is -2.31. The van der Waals surface area contributed by atoms with Crippen molar-refractivity contribution in [2.45, 2.75) is 68.0 Å². The van der Waals surface area contributed by atoms with E-state index in [0.717, 1.165) is 109 Å². The number of hydrogen-bond acceptors (Lipinski definition) is 12. The number of likely N-dealkylation sites (tertiary alicyclic amines) is 2. The van der Waals surface area contributed by atoms with E-state index in [4.69, 9.17) is 19.4 Å². The van der Waals surface area contributed by atoms with Crippen molar-refractivity contribution in [3.05, 3.63) is 178 Å². The predicted molar refractivity (Wildman–Crippen MR) is 269 cm³/mol. The minimum atomic E-state index is -0.153. The Hall–Kier alpha value is -5.05. The van der Waals surface area contributed by atoms with Crippen LogP contribution in [0.1, 0.15) is 70.3 Å². The van der Waals surface area contributed by atoms with Crippen LogP contribution in [0.2, 0.25) is 0 Å². The molecule has 2 saturated heterocycles. The normalized spacial score (nSPS) is 16.3. The maximum absolute atomic E-state index is 6.76. The molecular weight excluding hydrogens is 863 g/mol. The van der Waals surface area contributed by atoms with Crippen molar-refractivity contribution >= 4 is 60.6 Å². The van der Waals surface area contributed by atoms with E-state index in [1.807, 2.05) is 36.2 Å². The minimum Gasteiger partial charge on any atom is -0.381 e. The number of anilines is 1. The van der Waals surface area contributed by atoms with E-state index < -0.39 is 0 Å². The van der Waals surface area contributed by atoms with Crippen molar-refractivity contribution in [2.24, 2.45) is 0 Å². The monoisotopic (exact) mass is 919 g/mol. The van der Waals surface area contributed by atoms with Gasteiger partial charge in [0.2, 0.25) is 0 Å². The van der Waals surface area contributed by atoms with Gasteiger partial charge in [0.25, 0.3) is 0 Å². The molecule has 5 aromatic carbocycles. The Morgan fingerprint density at radius 2 is 1.22 bits per heavy atom. The molecule has 8 aromatic rings. The molecule has 2 atom stereocenters. The fourth-order valence-corrected chi connectivity index (χ4v) is 11.3. The summed E-state index contributed by atoms with van der Waals surface area (Å²) in [6.45, 7) is 5.11. The lowest BCUT2D eigenvalue weighted by atomic mass is 10.1. The zero-order valence-corrected chi connectivity index (χ0v) is 39.6. The molecule has 65 heavy (non-hydrogen) atoms. The topological polar surface area (TPSA) is 88.5 Å². The van der Waals surface area contributed by atoms with Gasteiger partial charge in [0, 0.05) is 74.1 Å². The Bertz CT molecular complexity index is 2630. The molecule has 9 nitrogen and oxygen atoms in total. The highest BCUT2D eigenvalue weighted by molar-refractivity contribution is 7.99. The number of aromatic nitrogens is 4. The molecular formula is C53H57N7O2S3. The standard InChI is InChI=1S/C27H29N3OS.C26H28N4OS2/c1-30-16-14-23(15-17-30)31-26(27-29-24-12-5-6-13-25(24)32-27)21-10-7-11-22(18-21)28-19-20-8-3-2-4-9-20;1-30-14-9-21(10-15-30)31-25(26-29-23-7-2-3-8-24(23)33-26)19-5-4-6-22(17-19)32-16-11-20-18-27-12-13-28-20/h2-13,18,23,26,28H,14-17,19H2,1H3;2-8,12-13,17-18,21,25H,9-11,14-16H2,1H3. The molecule has 5 heterocycles. The predicted octanol–water partition coefficient (Wildman–Crippen LogP) is 11.7. The van der Waals surface area contributed by atoms with Gasteiger partial charge in [-0.2, -0.15) is 0 Å². The summed E-state index contributed by atoms with van der Waals surface area (Å²) in [5.74, 6) is 0.962. The Kier molecular flexibility index (Phi) is 15.6. The molecule has 0 radical (unpaired) electrons. The highest BCUT2D eigenvalue weighted by Crippen LogP contribution is 2.38. The van der Waals surface area contributed by atoms with Gasteiger partial charge in [-0.15, -0.1) is 34.4 Å². The zero-order valence-electron chi connectivity index (χ0n) is 37.2. The Morgan fingerprint density at radius 1 is 0.646 bits per heavy atom. The van der Waals surface area contributed by atoms with Gasteiger partial charge < -0.3 is 24.6 Å². The van der Waals surface area contributed by atoms with Crippen LogP contribution < -0.4 is 5.32 Å². The third kappa shape index (κ3) is 12.4. The van der Waals surface area contributed by atoms with Crippen LogP contribution in [0.15, 0.2) is 151 Å². The summed E-state index contributed by atoms with van der Waals surface area (Å²) in [7, 11) is 4.37. The number of nitrogens with one attached hydrogen (secondary N) is 1. The number of fused-ring (bicyclic) bond motifs is 2. The molecule has 12 heteroatoms. The van der Waals surface area contributed by atoms with Crippen molar-refractivity contribution in [1.29, 1.82) is 0 Å². The molecule has 0 saturated carbocycles. The molecule has 10 rings (SSSR count). The van der Waals surface area contributed by atoms with Crippen molar-refractivity contribution < 1.29 is 9.47 Å². The number of nitrogens with zero attached hydrogens (tertiary/aromatic N) is 6. The van der Waals surface area contributed by atoms with Gasteiger partial charge in [-0.3, -0.25) is 9.97 Å². The molecule has 3 aromatic heterocycles. The molecule has 0 spiro atoms. The lowest BCUT2D eigenvalue weighted by Crippen LogP contribution is -2.35. The third-order valence-corrected chi connectivity index (χ3v) is 15.1. The van der Waals surface area contributed by atoms with E-state index in [1.165, 1.54) is 25.4 Å². The number of ether oxygens (including phenoxy) is 2. The molecule has 0 amide bonds. The van der Waals surface area contributed by atoms with Crippen LogP contribution >= 0.6 is 34.4 Å². The summed E-state index contributed by atoms with van der Waals surface area (Å²) in [5, 5.41) is 5.64. The smallest absolute Gasteiger partial charge is 0.134 e. The van der Waals surface area contributed by atoms with E-state index in [0.29, 0.717) is 0 Å². The van der Waals surface area contributed by atoms with Gasteiger partial charge in [0.15, 0.2) is 0 Å². The summed E-state index contributed by atoms with van der Waals surface area (Å²) in [6, 6.07) is 44.6. The number of thioether (sulfide) groups is 1. The maximum Gasteiger partial charge on any atom is 0.134 e. The van der Waals surface area contributed by atoms with Crippen molar-refractivity contribution in [3.63, 3.8) is 0 Å². The fraction of sp³-hybridized carbons (Fsp3) is 0.321. The Morgan fingerprint density at radius 3 is 1.80 bits per heavy atom. The quantitative estimate of drug-likeness (QED) is 0.100. The average molecular weight is 920 g/mol. The number of piperidine rings is 2. The summed E-state index contributed by atoms with van der Waals surface area (Å²) in [4.78, 5) is 24.5. The molecule has 2 unspecified atom stereocenters. The number of para-hydroxylation sites is 2. The lowest BCUT2D eigenvalue weighted by molar-refractivity contribution is -0.0235. The molecule has 0 bridgehead atoms. The first-order valence-corrected chi connectivity index (χ1v) is 25.4. The number of benzene rings is 5. The minimum absolute atomic E-state index is 0.142. The maximum atomic E-state index is 6.76. The summed E-state index contributed by atoms with van der Waals surface area (Å²) < 4.78 is 15.9. The number of hydrogen-bond donors (Lipinski definition) is 1. The van der Waals surface area contributed by atoms with Crippen LogP contribution in [0.25, 0.3) is 20.4 Å². The number of aryl methyl sites for hydroxylation is 1. The molecule has 1 N–H and O–H groups in total. The van der Waals surface area contributed by atoms with Crippen molar-refractivity contribution in [1.82, 2.24) is 29.7 Å². The van der Waals surface area contributed by atoms with Gasteiger partial charge >= 0.3 is 0 Å². The van der Waals surface area contributed by atoms with Crippen LogP contribution in [-0.4, -0.2) is 88.0 Å². The highest BCUT2D eigenvalue weighted by Gasteiger charge is 2.28. The Balaban J connectivity index is 0.000000164. The van der Waals surface area contributed by atoms with E-state index in [9.17, 15) is 0 Å². The van der Waals surface area contributed by atoms with Gasteiger partial charge in [-0.25, -0.2) is 9.97 Å². The molecule has 334 valence electrons. The van der Waals surface area contributed by atoms with E-state index >= 15 is 0 Å². The second-order valence-corrected chi connectivity index (χ2v) is 20.2. The first-order valence-electron chi connectivity index (χ1n) is 22.7. The largest absolute Gasteiger partial charge is 0.381 e. The molecule has 0 aliphatic carbocycles. The van der Waals surface area contributed by atoms with E-state index in [1.54, 1.807) is 35.1 Å². The van der Waals surface area contributed by atoms with E-state index in [2.05, 4.69) is 148 Å². The van der Waals surface area contributed by atoms with Gasteiger partial charge in [0.05, 0.1) is 38.3 Å². The average Bonchev–Trinajstić information content (AvgIpc) is 3.99. The number of thiazole rings is 2. The molecule has 2 fully saturated rings. The molecule has 2 aliphatic heterocycles. The number of rotatable bonds is 15. The van der Waals surface area contributed by atoms with Crippen molar-refractivity contribution in [3.8, 4) is 0 Å². The summed E-state index contributed by atoms with van der Waals surface area (Å²) in [5.41, 5.74) is 7.82. The molecule has 2 aliphatic rings. The SMILES string of the molecule is CN1CCC(OC(c2cccc(NCc3ccccc3)c2)c2nc3ccccc3s2)CC1.CN1CCC(OC(c2cccc(SCCc3cnccn3)c2)c2nc3ccccc3s2)CC1. The van der Waals surface area contributed by atoms with Crippen LogP contribution in [-0.2, 0) is 22.4 Å². The van der Waals surface area contributed by atoms with Crippen LogP contribution in [0.4, 0.5) is 5.69 Å². The van der Waals surface area contributed by atoms with E-state index in [-0.39, 0.29) is 24.4 Å². The summed E-state index contributed by atoms with van der Waals surface area (Å²) >= 11 is 5.33. The van der Waals surface area contributed by atoms with Crippen LogP contribution in [0.3, 0.4) is 0 Å². The summed E-state index contributed by atoms with van der Waals surface area (Å²) in [6.07, 6.45) is 10.7. The fourth-order valence-electron chi connectivity index (χ4n) is 8.30. The van der Waals surface area contributed by atoms with Gasteiger partial charge in [0.1, 0.15) is 22.2 Å². The second kappa shape index (κ2) is 22.4. The van der Waals surface area contributed by atoms with Crippen molar-refractivity contribution in [2.75, 3.05) is 51.3 Å². The third-order valence-electron chi connectivity index (χ3n) is 12.0. The van der Waals surface area contributed by atoms with Crippen LogP contribution in [0.5, 0.6) is 0 Å². The van der Waals surface area contributed by atoms with Crippen LogP contribution in [0, 0.1) is 0 Å². The highest BCUT2D eigenvalue weighted by atomic mass is 32.2. The second-order valence-electron chi connectivity index (χ2n) is 16.9.